The maximum absolute atomic E-state index is 9.95. The van der Waals surface area contributed by atoms with Gasteiger partial charge >= 0.3 is 0 Å². The van der Waals surface area contributed by atoms with E-state index in [-0.39, 0.29) is 5.75 Å². The van der Waals surface area contributed by atoms with Gasteiger partial charge in [0.1, 0.15) is 0 Å². The molecule has 0 radical (unpaired) electrons. The summed E-state index contributed by atoms with van der Waals surface area (Å²) in [6.07, 6.45) is 2.27. The highest BCUT2D eigenvalue weighted by Crippen LogP contribution is 2.26. The zero-order valence-electron chi connectivity index (χ0n) is 16.7. The van der Waals surface area contributed by atoms with Gasteiger partial charge in [-0.15, -0.1) is 0 Å². The van der Waals surface area contributed by atoms with E-state index in [2.05, 4.69) is 52.8 Å². The van der Waals surface area contributed by atoms with Crippen LogP contribution in [0.2, 0.25) is 0 Å². The number of rotatable bonds is 6. The number of phenols is 1. The van der Waals surface area contributed by atoms with E-state index in [4.69, 9.17) is 9.73 Å². The average Bonchev–Trinajstić information content (AvgIpc) is 2.73. The first-order valence-corrected chi connectivity index (χ1v) is 9.90. The first kappa shape index (κ1) is 19.9. The number of benzene rings is 2. The van der Waals surface area contributed by atoms with Crippen molar-refractivity contribution in [1.82, 2.24) is 10.6 Å². The fourth-order valence-electron chi connectivity index (χ4n) is 3.49. The minimum atomic E-state index is 0.138. The summed E-state index contributed by atoms with van der Waals surface area (Å²) in [4.78, 5) is 7.12. The van der Waals surface area contributed by atoms with Crippen LogP contribution < -0.4 is 20.3 Å². The van der Waals surface area contributed by atoms with Crippen molar-refractivity contribution in [2.45, 2.75) is 32.4 Å². The van der Waals surface area contributed by atoms with E-state index in [1.54, 1.807) is 19.2 Å². The van der Waals surface area contributed by atoms with E-state index in [0.29, 0.717) is 18.3 Å². The van der Waals surface area contributed by atoms with Gasteiger partial charge in [-0.05, 0) is 49.6 Å². The SMILES string of the molecule is CCNC(=NCc1ccc(OC)c(O)c1)NC1CCCN(c2ccccc2)C1. The van der Waals surface area contributed by atoms with Gasteiger partial charge in [0.15, 0.2) is 17.5 Å². The first-order valence-electron chi connectivity index (χ1n) is 9.90. The minimum absolute atomic E-state index is 0.138. The largest absolute Gasteiger partial charge is 0.504 e. The molecule has 2 aromatic carbocycles. The van der Waals surface area contributed by atoms with Crippen molar-refractivity contribution in [3.63, 3.8) is 0 Å². The maximum atomic E-state index is 9.95. The van der Waals surface area contributed by atoms with Crippen molar-refractivity contribution in [3.8, 4) is 11.5 Å². The quantitative estimate of drug-likeness (QED) is 0.529. The monoisotopic (exact) mass is 382 g/mol. The molecule has 6 heteroatoms. The topological polar surface area (TPSA) is 69.1 Å². The van der Waals surface area contributed by atoms with E-state index in [0.717, 1.165) is 44.0 Å². The van der Waals surface area contributed by atoms with Crippen LogP contribution in [0, 0.1) is 0 Å². The van der Waals surface area contributed by atoms with E-state index < -0.39 is 0 Å². The van der Waals surface area contributed by atoms with Gasteiger partial charge in [-0.1, -0.05) is 24.3 Å². The van der Waals surface area contributed by atoms with Gasteiger partial charge in [0.05, 0.1) is 13.7 Å². The Morgan fingerprint density at radius 1 is 1.25 bits per heavy atom. The van der Waals surface area contributed by atoms with Crippen LogP contribution in [0.15, 0.2) is 53.5 Å². The fraction of sp³-hybridized carbons (Fsp3) is 0.409. The second-order valence-electron chi connectivity index (χ2n) is 6.97. The third-order valence-electron chi connectivity index (χ3n) is 4.89. The highest BCUT2D eigenvalue weighted by molar-refractivity contribution is 5.80. The van der Waals surface area contributed by atoms with E-state index in [9.17, 15) is 5.11 Å². The molecule has 1 saturated heterocycles. The number of nitrogens with one attached hydrogen (secondary N) is 2. The Balaban J connectivity index is 1.63. The van der Waals surface area contributed by atoms with Gasteiger partial charge in [0.25, 0.3) is 0 Å². The Labute approximate surface area is 167 Å². The number of aliphatic imine (C=N–C) groups is 1. The number of para-hydroxylation sites is 1. The molecule has 1 aliphatic rings. The van der Waals surface area contributed by atoms with Crippen LogP contribution in [0.1, 0.15) is 25.3 Å². The molecule has 1 aliphatic heterocycles. The van der Waals surface area contributed by atoms with Crippen LogP contribution in [0.4, 0.5) is 5.69 Å². The predicted octanol–water partition coefficient (Wildman–Crippen LogP) is 3.12. The molecule has 0 aromatic heterocycles. The molecule has 3 N–H and O–H groups in total. The van der Waals surface area contributed by atoms with Crippen LogP contribution in [0.25, 0.3) is 0 Å². The fourth-order valence-corrected chi connectivity index (χ4v) is 3.49. The molecule has 1 unspecified atom stereocenters. The lowest BCUT2D eigenvalue weighted by Gasteiger charge is -2.35. The summed E-state index contributed by atoms with van der Waals surface area (Å²) in [5.74, 6) is 1.41. The molecule has 1 heterocycles. The molecule has 1 atom stereocenters. The molecule has 1 fully saturated rings. The van der Waals surface area contributed by atoms with Gasteiger partial charge in [-0.3, -0.25) is 0 Å². The summed E-state index contributed by atoms with van der Waals surface area (Å²) in [7, 11) is 1.54. The zero-order valence-corrected chi connectivity index (χ0v) is 16.7. The molecule has 0 saturated carbocycles. The minimum Gasteiger partial charge on any atom is -0.504 e. The number of anilines is 1. The summed E-state index contributed by atoms with van der Waals surface area (Å²) in [5, 5.41) is 16.8. The van der Waals surface area contributed by atoms with Crippen molar-refractivity contribution in [2.75, 3.05) is 31.6 Å². The lowest BCUT2D eigenvalue weighted by Crippen LogP contribution is -2.51. The summed E-state index contributed by atoms with van der Waals surface area (Å²) in [6.45, 7) is 5.39. The molecular formula is C22H30N4O2. The van der Waals surface area contributed by atoms with Crippen molar-refractivity contribution in [3.05, 3.63) is 54.1 Å². The van der Waals surface area contributed by atoms with Crippen molar-refractivity contribution < 1.29 is 9.84 Å². The molecule has 6 nitrogen and oxygen atoms in total. The summed E-state index contributed by atoms with van der Waals surface area (Å²) in [5.41, 5.74) is 2.20. The molecule has 3 rings (SSSR count). The van der Waals surface area contributed by atoms with Gasteiger partial charge < -0.3 is 25.4 Å². The number of hydrogen-bond acceptors (Lipinski definition) is 4. The number of guanidine groups is 1. The lowest BCUT2D eigenvalue weighted by molar-refractivity contribution is 0.373. The second-order valence-corrected chi connectivity index (χ2v) is 6.97. The van der Waals surface area contributed by atoms with Gasteiger partial charge in [0.2, 0.25) is 0 Å². The Morgan fingerprint density at radius 3 is 2.79 bits per heavy atom. The molecule has 0 spiro atoms. The lowest BCUT2D eigenvalue weighted by atomic mass is 10.1. The van der Waals surface area contributed by atoms with Gasteiger partial charge in [-0.25, -0.2) is 4.99 Å². The van der Waals surface area contributed by atoms with E-state index in [1.165, 1.54) is 5.69 Å². The highest BCUT2D eigenvalue weighted by Gasteiger charge is 2.20. The van der Waals surface area contributed by atoms with Crippen LogP contribution in [-0.4, -0.2) is 43.9 Å². The number of hydrogen-bond donors (Lipinski definition) is 3. The van der Waals surface area contributed by atoms with Crippen molar-refractivity contribution in [1.29, 1.82) is 0 Å². The molecule has 0 aliphatic carbocycles. The number of aromatic hydroxyl groups is 1. The van der Waals surface area contributed by atoms with Crippen molar-refractivity contribution >= 4 is 11.6 Å². The van der Waals surface area contributed by atoms with E-state index in [1.807, 2.05) is 6.07 Å². The predicted molar refractivity (Wildman–Crippen MR) is 114 cm³/mol. The third kappa shape index (κ3) is 5.31. The smallest absolute Gasteiger partial charge is 0.191 e. The first-order chi connectivity index (χ1) is 13.7. The third-order valence-corrected chi connectivity index (χ3v) is 4.89. The van der Waals surface area contributed by atoms with Crippen LogP contribution in [0.3, 0.4) is 0 Å². The highest BCUT2D eigenvalue weighted by atomic mass is 16.5. The molecule has 150 valence electrons. The van der Waals surface area contributed by atoms with Crippen LogP contribution in [0.5, 0.6) is 11.5 Å². The zero-order chi connectivity index (χ0) is 19.8. The summed E-state index contributed by atoms with van der Waals surface area (Å²) < 4.78 is 5.10. The van der Waals surface area contributed by atoms with Gasteiger partial charge in [-0.2, -0.15) is 0 Å². The number of methoxy groups -OCH3 is 1. The summed E-state index contributed by atoms with van der Waals surface area (Å²) in [6, 6.07) is 16.3. The second kappa shape index (κ2) is 9.88. The molecule has 0 amide bonds. The summed E-state index contributed by atoms with van der Waals surface area (Å²) >= 11 is 0. The van der Waals surface area contributed by atoms with Gasteiger partial charge in [0, 0.05) is 31.4 Å². The Hall–Kier alpha value is -2.89. The Bertz CT molecular complexity index is 779. The van der Waals surface area contributed by atoms with Crippen LogP contribution >= 0.6 is 0 Å². The van der Waals surface area contributed by atoms with E-state index >= 15 is 0 Å². The number of ether oxygens (including phenoxy) is 1. The Morgan fingerprint density at radius 2 is 2.07 bits per heavy atom. The average molecular weight is 383 g/mol. The Kier molecular flexibility index (Phi) is 7.00. The number of phenolic OH excluding ortho intramolecular Hbond substituents is 1. The van der Waals surface area contributed by atoms with Crippen LogP contribution in [-0.2, 0) is 6.54 Å². The standard InChI is InChI=1S/C22H30N4O2/c1-3-23-22(24-15-17-11-12-21(28-2)20(27)14-17)25-18-8-7-13-26(16-18)19-9-5-4-6-10-19/h4-6,9-12,14,18,27H,3,7-8,13,15-16H2,1-2H3,(H2,23,24,25). The molecular weight excluding hydrogens is 352 g/mol. The number of piperidine rings is 1. The maximum Gasteiger partial charge on any atom is 0.191 e. The molecule has 2 aromatic rings. The number of nitrogens with zero attached hydrogens (tertiary/aromatic N) is 2. The van der Waals surface area contributed by atoms with Crippen molar-refractivity contribution in [2.24, 2.45) is 4.99 Å². The molecule has 28 heavy (non-hydrogen) atoms. The normalized spacial score (nSPS) is 17.3. The molecule has 0 bridgehead atoms.